The second kappa shape index (κ2) is 5.29. The highest BCUT2D eigenvalue weighted by molar-refractivity contribution is 6.05. The number of nitrogens with two attached hydrogens (primary N) is 1. The normalized spacial score (nSPS) is 23.6. The minimum absolute atomic E-state index is 0.162. The molecule has 0 saturated carbocycles. The van der Waals surface area contributed by atoms with Gasteiger partial charge in [0, 0.05) is 30.8 Å². The van der Waals surface area contributed by atoms with Gasteiger partial charge in [-0.3, -0.25) is 14.4 Å². The predicted molar refractivity (Wildman–Crippen MR) is 80.8 cm³/mol. The fourth-order valence-electron chi connectivity index (χ4n) is 3.29. The fourth-order valence-corrected chi connectivity index (χ4v) is 3.29. The summed E-state index contributed by atoms with van der Waals surface area (Å²) < 4.78 is 0. The Balaban J connectivity index is 1.93. The number of hydrogen-bond donors (Lipinski definition) is 2. The van der Waals surface area contributed by atoms with Gasteiger partial charge in [-0.1, -0.05) is 18.2 Å². The Hall–Kier alpha value is -2.63. The van der Waals surface area contributed by atoms with Crippen LogP contribution in [-0.4, -0.2) is 34.7 Å². The lowest BCUT2D eigenvalue weighted by Crippen LogP contribution is -2.58. The van der Waals surface area contributed by atoms with Crippen molar-refractivity contribution in [3.63, 3.8) is 0 Å². The molecular formula is C16H17N3O3. The van der Waals surface area contributed by atoms with Gasteiger partial charge in [-0.2, -0.15) is 0 Å². The Labute approximate surface area is 128 Å². The van der Waals surface area contributed by atoms with E-state index in [-0.39, 0.29) is 11.8 Å². The van der Waals surface area contributed by atoms with Gasteiger partial charge in [0.15, 0.2) is 0 Å². The lowest BCUT2D eigenvalue weighted by atomic mass is 9.83. The molecule has 1 unspecified atom stereocenters. The number of carbonyl (C=O) groups is 3. The van der Waals surface area contributed by atoms with E-state index in [4.69, 9.17) is 5.73 Å². The van der Waals surface area contributed by atoms with E-state index in [9.17, 15) is 14.4 Å². The van der Waals surface area contributed by atoms with Gasteiger partial charge in [-0.15, -0.1) is 0 Å². The van der Waals surface area contributed by atoms with Crippen LogP contribution in [0.4, 0.5) is 5.69 Å². The Morgan fingerprint density at radius 3 is 2.82 bits per heavy atom. The maximum absolute atomic E-state index is 12.6. The van der Waals surface area contributed by atoms with Gasteiger partial charge in [0.1, 0.15) is 5.54 Å². The monoisotopic (exact) mass is 299 g/mol. The Morgan fingerprint density at radius 1 is 1.27 bits per heavy atom. The smallest absolute Gasteiger partial charge is 0.250 e. The summed E-state index contributed by atoms with van der Waals surface area (Å²) in [6.45, 7) is 0.498. The number of fused-ring (bicyclic) bond motifs is 1. The number of likely N-dealkylation sites (tertiary alicyclic amines) is 1. The fraction of sp³-hybridized carbons (Fsp3) is 0.312. The molecule has 3 rings (SSSR count). The Bertz CT molecular complexity index is 683. The molecule has 6 nitrogen and oxygen atoms in total. The molecule has 114 valence electrons. The summed E-state index contributed by atoms with van der Waals surface area (Å²) in [7, 11) is 0. The third-order valence-electron chi connectivity index (χ3n) is 4.32. The zero-order valence-corrected chi connectivity index (χ0v) is 12.0. The zero-order chi connectivity index (χ0) is 15.7. The molecule has 3 amide bonds. The van der Waals surface area contributed by atoms with Crippen LogP contribution < -0.4 is 11.1 Å². The molecule has 2 heterocycles. The number of primary amides is 1. The molecule has 0 aromatic heterocycles. The van der Waals surface area contributed by atoms with Crippen LogP contribution >= 0.6 is 0 Å². The van der Waals surface area contributed by atoms with Gasteiger partial charge in [0.25, 0.3) is 5.91 Å². The molecule has 2 aliphatic rings. The lowest BCUT2D eigenvalue weighted by Gasteiger charge is -2.40. The van der Waals surface area contributed by atoms with E-state index in [1.165, 1.54) is 0 Å². The SMILES string of the molecule is NC(=O)C=CC(=O)N1CCCC12Cc1ccccc1NC2=O. The summed E-state index contributed by atoms with van der Waals surface area (Å²) in [6.07, 6.45) is 4.03. The van der Waals surface area contributed by atoms with Crippen LogP contribution in [0.1, 0.15) is 18.4 Å². The average Bonchev–Trinajstić information content (AvgIpc) is 2.90. The summed E-state index contributed by atoms with van der Waals surface area (Å²) in [6, 6.07) is 7.59. The third-order valence-corrected chi connectivity index (χ3v) is 4.32. The van der Waals surface area contributed by atoms with E-state index in [0.717, 1.165) is 29.8 Å². The number of benzene rings is 1. The van der Waals surface area contributed by atoms with Crippen molar-refractivity contribution in [1.29, 1.82) is 0 Å². The first-order chi connectivity index (χ1) is 10.5. The van der Waals surface area contributed by atoms with Crippen molar-refractivity contribution in [2.45, 2.75) is 24.8 Å². The van der Waals surface area contributed by atoms with Crippen molar-refractivity contribution in [3.8, 4) is 0 Å². The molecule has 2 aliphatic heterocycles. The van der Waals surface area contributed by atoms with Crippen LogP contribution in [0.5, 0.6) is 0 Å². The first kappa shape index (κ1) is 14.3. The quantitative estimate of drug-likeness (QED) is 0.783. The number of anilines is 1. The summed E-state index contributed by atoms with van der Waals surface area (Å²) in [5.74, 6) is -1.20. The van der Waals surface area contributed by atoms with Crippen LogP contribution in [0.15, 0.2) is 36.4 Å². The minimum Gasteiger partial charge on any atom is -0.366 e. The average molecular weight is 299 g/mol. The molecule has 1 spiro atoms. The van der Waals surface area contributed by atoms with E-state index < -0.39 is 11.4 Å². The predicted octanol–water partition coefficient (Wildman–Crippen LogP) is 0.584. The molecular weight excluding hydrogens is 282 g/mol. The van der Waals surface area contributed by atoms with Crippen molar-refractivity contribution < 1.29 is 14.4 Å². The molecule has 0 bridgehead atoms. The number of nitrogens with zero attached hydrogens (tertiary/aromatic N) is 1. The molecule has 1 atom stereocenters. The van der Waals surface area contributed by atoms with Crippen LogP contribution in [0, 0.1) is 0 Å². The van der Waals surface area contributed by atoms with Crippen LogP contribution in [0.25, 0.3) is 0 Å². The first-order valence-corrected chi connectivity index (χ1v) is 7.21. The van der Waals surface area contributed by atoms with Crippen molar-refractivity contribution in [1.82, 2.24) is 4.90 Å². The topological polar surface area (TPSA) is 92.5 Å². The van der Waals surface area contributed by atoms with E-state index in [1.807, 2.05) is 24.3 Å². The number of carbonyl (C=O) groups excluding carboxylic acids is 3. The Kier molecular flexibility index (Phi) is 3.44. The number of rotatable bonds is 2. The zero-order valence-electron chi connectivity index (χ0n) is 12.0. The van der Waals surface area contributed by atoms with Crippen LogP contribution in [-0.2, 0) is 20.8 Å². The van der Waals surface area contributed by atoms with E-state index in [0.29, 0.717) is 19.4 Å². The second-order valence-electron chi connectivity index (χ2n) is 5.65. The number of amides is 3. The maximum atomic E-state index is 12.6. The van der Waals surface area contributed by atoms with Gasteiger partial charge < -0.3 is 16.0 Å². The van der Waals surface area contributed by atoms with Crippen LogP contribution in [0.3, 0.4) is 0 Å². The standard InChI is InChI=1S/C16H17N3O3/c17-13(20)6-7-14(21)19-9-3-8-16(19)10-11-4-1-2-5-12(11)18-15(16)22/h1-2,4-7H,3,8-10H2,(H2,17,20)(H,18,22). The highest BCUT2D eigenvalue weighted by Gasteiger charge is 2.51. The van der Waals surface area contributed by atoms with Gasteiger partial charge in [0.2, 0.25) is 11.8 Å². The lowest BCUT2D eigenvalue weighted by molar-refractivity contribution is -0.139. The molecule has 1 saturated heterocycles. The minimum atomic E-state index is -0.868. The molecule has 3 N–H and O–H groups in total. The molecule has 1 aromatic rings. The molecule has 1 aromatic carbocycles. The van der Waals surface area contributed by atoms with Crippen molar-refractivity contribution >= 4 is 23.4 Å². The third kappa shape index (κ3) is 2.26. The van der Waals surface area contributed by atoms with E-state index in [1.54, 1.807) is 4.90 Å². The van der Waals surface area contributed by atoms with Gasteiger partial charge in [-0.25, -0.2) is 0 Å². The van der Waals surface area contributed by atoms with Gasteiger partial charge in [0.05, 0.1) is 0 Å². The van der Waals surface area contributed by atoms with E-state index >= 15 is 0 Å². The second-order valence-corrected chi connectivity index (χ2v) is 5.65. The Morgan fingerprint density at radius 2 is 2.05 bits per heavy atom. The van der Waals surface area contributed by atoms with Gasteiger partial charge in [-0.05, 0) is 24.5 Å². The molecule has 22 heavy (non-hydrogen) atoms. The molecule has 6 heteroatoms. The number of nitrogens with one attached hydrogen (secondary N) is 1. The van der Waals surface area contributed by atoms with Crippen molar-refractivity contribution in [2.75, 3.05) is 11.9 Å². The molecule has 0 radical (unpaired) electrons. The first-order valence-electron chi connectivity index (χ1n) is 7.21. The maximum Gasteiger partial charge on any atom is 0.250 e. The van der Waals surface area contributed by atoms with Crippen molar-refractivity contribution in [3.05, 3.63) is 42.0 Å². The summed E-state index contributed by atoms with van der Waals surface area (Å²) in [4.78, 5) is 37.3. The number of para-hydroxylation sites is 1. The molecule has 0 aliphatic carbocycles. The summed E-state index contributed by atoms with van der Waals surface area (Å²) in [5, 5.41) is 2.89. The largest absolute Gasteiger partial charge is 0.366 e. The summed E-state index contributed by atoms with van der Waals surface area (Å²) in [5.41, 5.74) is 5.97. The number of hydrogen-bond acceptors (Lipinski definition) is 3. The highest BCUT2D eigenvalue weighted by Crippen LogP contribution is 2.39. The molecule has 1 fully saturated rings. The van der Waals surface area contributed by atoms with E-state index in [2.05, 4.69) is 5.32 Å². The summed E-state index contributed by atoms with van der Waals surface area (Å²) >= 11 is 0. The van der Waals surface area contributed by atoms with Crippen molar-refractivity contribution in [2.24, 2.45) is 5.73 Å². The van der Waals surface area contributed by atoms with Crippen LogP contribution in [0.2, 0.25) is 0 Å². The highest BCUT2D eigenvalue weighted by atomic mass is 16.2. The van der Waals surface area contributed by atoms with Gasteiger partial charge >= 0.3 is 0 Å².